The van der Waals surface area contributed by atoms with E-state index in [0.29, 0.717) is 6.04 Å². The molecule has 0 amide bonds. The molecule has 1 aromatic heterocycles. The van der Waals surface area contributed by atoms with Crippen molar-refractivity contribution >= 4 is 11.0 Å². The van der Waals surface area contributed by atoms with Gasteiger partial charge in [0.25, 0.3) is 0 Å². The van der Waals surface area contributed by atoms with Gasteiger partial charge in [-0.05, 0) is 25.6 Å². The molecule has 14 heavy (non-hydrogen) atoms. The van der Waals surface area contributed by atoms with Crippen LogP contribution in [0.3, 0.4) is 0 Å². The quantitative estimate of drug-likeness (QED) is 0.802. The van der Waals surface area contributed by atoms with Crippen molar-refractivity contribution < 1.29 is 4.42 Å². The van der Waals surface area contributed by atoms with Gasteiger partial charge in [0.15, 0.2) is 0 Å². The van der Waals surface area contributed by atoms with Gasteiger partial charge in [-0.1, -0.05) is 25.1 Å². The smallest absolute Gasteiger partial charge is 0.134 e. The molecule has 2 nitrogen and oxygen atoms in total. The lowest BCUT2D eigenvalue weighted by Gasteiger charge is -2.09. The number of hydrogen-bond donors (Lipinski definition) is 1. The van der Waals surface area contributed by atoms with Crippen LogP contribution < -0.4 is 5.32 Å². The molecule has 2 rings (SSSR count). The molecule has 0 saturated carbocycles. The molecular weight excluding hydrogens is 174 g/mol. The summed E-state index contributed by atoms with van der Waals surface area (Å²) >= 11 is 0. The lowest BCUT2D eigenvalue weighted by molar-refractivity contribution is 0.444. The fraction of sp³-hybridized carbons (Fsp3) is 0.333. The first-order valence-electron chi connectivity index (χ1n) is 5.01. The highest BCUT2D eigenvalue weighted by Gasteiger charge is 2.11. The van der Waals surface area contributed by atoms with Crippen LogP contribution in [0.2, 0.25) is 0 Å². The predicted molar refractivity (Wildman–Crippen MR) is 58.3 cm³/mol. The first-order valence-corrected chi connectivity index (χ1v) is 5.01. The number of fused-ring (bicyclic) bond motifs is 1. The van der Waals surface area contributed by atoms with Gasteiger partial charge in [0.2, 0.25) is 0 Å². The summed E-state index contributed by atoms with van der Waals surface area (Å²) in [5.41, 5.74) is 0.969. The molecule has 1 aromatic carbocycles. The minimum atomic E-state index is 0.322. The summed E-state index contributed by atoms with van der Waals surface area (Å²) in [6.07, 6.45) is 1.04. The third kappa shape index (κ3) is 1.53. The number of para-hydroxylation sites is 1. The topological polar surface area (TPSA) is 25.2 Å². The van der Waals surface area contributed by atoms with Crippen molar-refractivity contribution in [1.29, 1.82) is 0 Å². The van der Waals surface area contributed by atoms with Crippen LogP contribution in [-0.4, -0.2) is 7.05 Å². The van der Waals surface area contributed by atoms with Crippen molar-refractivity contribution in [2.24, 2.45) is 0 Å². The third-order valence-corrected chi connectivity index (χ3v) is 2.54. The van der Waals surface area contributed by atoms with Gasteiger partial charge in [0.1, 0.15) is 11.3 Å². The molecule has 0 radical (unpaired) electrons. The normalized spacial score (nSPS) is 13.3. The van der Waals surface area contributed by atoms with Crippen molar-refractivity contribution in [1.82, 2.24) is 5.32 Å². The SMILES string of the molecule is CCC(NC)c1cc2ccccc2o1. The Kier molecular flexibility index (Phi) is 2.55. The summed E-state index contributed by atoms with van der Waals surface area (Å²) in [7, 11) is 1.96. The molecule has 0 spiro atoms. The molecule has 0 aliphatic heterocycles. The van der Waals surface area contributed by atoms with E-state index in [0.717, 1.165) is 17.8 Å². The van der Waals surface area contributed by atoms with Gasteiger partial charge in [0.05, 0.1) is 6.04 Å². The maximum absolute atomic E-state index is 5.75. The van der Waals surface area contributed by atoms with E-state index < -0.39 is 0 Å². The molecule has 0 saturated heterocycles. The Hall–Kier alpha value is -1.28. The second-order valence-corrected chi connectivity index (χ2v) is 3.44. The molecule has 0 aliphatic rings. The summed E-state index contributed by atoms with van der Waals surface area (Å²) in [5, 5.41) is 4.41. The van der Waals surface area contributed by atoms with Crippen molar-refractivity contribution in [3.8, 4) is 0 Å². The van der Waals surface area contributed by atoms with Crippen molar-refractivity contribution in [3.05, 3.63) is 36.1 Å². The number of hydrogen-bond acceptors (Lipinski definition) is 2. The van der Waals surface area contributed by atoms with E-state index in [1.165, 1.54) is 5.39 Å². The highest BCUT2D eigenvalue weighted by Crippen LogP contribution is 2.24. The fourth-order valence-electron chi connectivity index (χ4n) is 1.72. The van der Waals surface area contributed by atoms with Crippen LogP contribution in [0, 0.1) is 0 Å². The van der Waals surface area contributed by atoms with Gasteiger partial charge in [-0.3, -0.25) is 0 Å². The number of nitrogens with one attached hydrogen (secondary N) is 1. The molecule has 0 aliphatic carbocycles. The lowest BCUT2D eigenvalue weighted by atomic mass is 10.1. The van der Waals surface area contributed by atoms with Crippen LogP contribution in [0.5, 0.6) is 0 Å². The van der Waals surface area contributed by atoms with Gasteiger partial charge < -0.3 is 9.73 Å². The Labute approximate surface area is 83.9 Å². The molecule has 1 heterocycles. The minimum Gasteiger partial charge on any atom is -0.459 e. The van der Waals surface area contributed by atoms with Crippen LogP contribution in [-0.2, 0) is 0 Å². The van der Waals surface area contributed by atoms with Crippen LogP contribution in [0.4, 0.5) is 0 Å². The van der Waals surface area contributed by atoms with Crippen LogP contribution in [0.25, 0.3) is 11.0 Å². The number of furan rings is 1. The minimum absolute atomic E-state index is 0.322. The zero-order chi connectivity index (χ0) is 9.97. The summed E-state index contributed by atoms with van der Waals surface area (Å²) in [6.45, 7) is 2.15. The number of benzene rings is 1. The Balaban J connectivity index is 2.43. The Morgan fingerprint density at radius 2 is 2.14 bits per heavy atom. The van der Waals surface area contributed by atoms with E-state index in [4.69, 9.17) is 4.42 Å². The number of rotatable bonds is 3. The van der Waals surface area contributed by atoms with E-state index in [-0.39, 0.29) is 0 Å². The maximum atomic E-state index is 5.75. The molecule has 2 aromatic rings. The van der Waals surface area contributed by atoms with Crippen molar-refractivity contribution in [3.63, 3.8) is 0 Å². The molecule has 2 heteroatoms. The summed E-state index contributed by atoms with van der Waals surface area (Å²) in [5.74, 6) is 1.02. The van der Waals surface area contributed by atoms with Crippen molar-refractivity contribution in [2.45, 2.75) is 19.4 Å². The second kappa shape index (κ2) is 3.84. The van der Waals surface area contributed by atoms with E-state index >= 15 is 0 Å². The molecule has 1 unspecified atom stereocenters. The molecular formula is C12H15NO. The molecule has 0 fully saturated rings. The summed E-state index contributed by atoms with van der Waals surface area (Å²) in [6, 6.07) is 10.5. The lowest BCUT2D eigenvalue weighted by Crippen LogP contribution is -2.14. The van der Waals surface area contributed by atoms with Gasteiger partial charge >= 0.3 is 0 Å². The van der Waals surface area contributed by atoms with Gasteiger partial charge in [-0.15, -0.1) is 0 Å². The first kappa shape index (κ1) is 9.28. The third-order valence-electron chi connectivity index (χ3n) is 2.54. The van der Waals surface area contributed by atoms with Crippen molar-refractivity contribution in [2.75, 3.05) is 7.05 Å². The Bertz CT molecular complexity index is 382. The molecule has 0 bridgehead atoms. The second-order valence-electron chi connectivity index (χ2n) is 3.44. The highest BCUT2D eigenvalue weighted by molar-refractivity contribution is 5.77. The van der Waals surface area contributed by atoms with Crippen LogP contribution in [0.1, 0.15) is 25.1 Å². The first-order chi connectivity index (χ1) is 6.85. The average Bonchev–Trinajstić information content (AvgIpc) is 2.63. The Morgan fingerprint density at radius 1 is 1.36 bits per heavy atom. The van der Waals surface area contributed by atoms with Gasteiger partial charge in [-0.2, -0.15) is 0 Å². The fourth-order valence-corrected chi connectivity index (χ4v) is 1.72. The van der Waals surface area contributed by atoms with E-state index in [2.05, 4.69) is 24.4 Å². The van der Waals surface area contributed by atoms with E-state index in [1.807, 2.05) is 25.2 Å². The highest BCUT2D eigenvalue weighted by atomic mass is 16.3. The standard InChI is InChI=1S/C12H15NO/c1-3-10(13-2)12-8-9-6-4-5-7-11(9)14-12/h4-8,10,13H,3H2,1-2H3. The largest absolute Gasteiger partial charge is 0.459 e. The zero-order valence-electron chi connectivity index (χ0n) is 8.58. The zero-order valence-corrected chi connectivity index (χ0v) is 8.58. The molecule has 74 valence electrons. The van der Waals surface area contributed by atoms with Gasteiger partial charge in [-0.25, -0.2) is 0 Å². The van der Waals surface area contributed by atoms with Crippen LogP contribution >= 0.6 is 0 Å². The monoisotopic (exact) mass is 189 g/mol. The average molecular weight is 189 g/mol. The van der Waals surface area contributed by atoms with Crippen LogP contribution in [0.15, 0.2) is 34.7 Å². The Morgan fingerprint density at radius 3 is 2.79 bits per heavy atom. The predicted octanol–water partition coefficient (Wildman–Crippen LogP) is 3.10. The summed E-state index contributed by atoms with van der Waals surface area (Å²) < 4.78 is 5.75. The van der Waals surface area contributed by atoms with E-state index in [1.54, 1.807) is 0 Å². The van der Waals surface area contributed by atoms with Gasteiger partial charge in [0, 0.05) is 5.39 Å². The summed E-state index contributed by atoms with van der Waals surface area (Å²) in [4.78, 5) is 0. The molecule has 1 atom stereocenters. The van der Waals surface area contributed by atoms with E-state index in [9.17, 15) is 0 Å². The maximum Gasteiger partial charge on any atom is 0.134 e. The molecule has 1 N–H and O–H groups in total.